The number of hydrogen-bond donors (Lipinski definition) is 2. The number of nitrogens with one attached hydrogen (secondary N) is 2. The number of nitrogens with zero attached hydrogens (tertiary/aromatic N) is 4. The van der Waals surface area contributed by atoms with Crippen molar-refractivity contribution in [3.05, 3.63) is 83.1 Å². The molecule has 1 aliphatic heterocycles. The van der Waals surface area contributed by atoms with E-state index in [9.17, 15) is 9.18 Å². The third-order valence-corrected chi connectivity index (χ3v) is 10.7. The Morgan fingerprint density at radius 2 is 1.86 bits per heavy atom. The van der Waals surface area contributed by atoms with E-state index in [1.54, 1.807) is 18.9 Å². The second-order valence-electron chi connectivity index (χ2n) is 14.0. The molecule has 0 radical (unpaired) electrons. The van der Waals surface area contributed by atoms with Gasteiger partial charge >= 0.3 is 0 Å². The summed E-state index contributed by atoms with van der Waals surface area (Å²) in [5.41, 5.74) is 8.12. The molecule has 3 heterocycles. The summed E-state index contributed by atoms with van der Waals surface area (Å²) in [6, 6.07) is 9.57. The number of amides is 1. The van der Waals surface area contributed by atoms with E-state index in [2.05, 4.69) is 11.9 Å². The molecule has 4 aromatic rings. The second-order valence-corrected chi connectivity index (χ2v) is 14.0. The first-order valence-corrected chi connectivity index (χ1v) is 17.6. The van der Waals surface area contributed by atoms with Crippen LogP contribution in [0.2, 0.25) is 0 Å². The standard InChI is InChI=1S/C40H44F2N6O3/c1-7-36(49)47-19-21(2)48-34(23(47)4)18-33(46-48)40-37(38-31(42)16-26(41)17-35(38)51-20-24-13-27(14-24)50-6)29-9-8-10-30(29)39(45-40)25-11-12-28(22(3)43)32(15-25)44-5/h7,11-12,15-18,21,23-24,27,43-44H,1,8-10,13-14,19-20H2,2-6H3/t21-,23+,24?,27?/m0/s1. The topological polar surface area (TPSA) is 105 Å². The molecule has 2 atom stereocenters. The van der Waals surface area contributed by atoms with Gasteiger partial charge in [-0.1, -0.05) is 18.7 Å². The van der Waals surface area contributed by atoms with Gasteiger partial charge in [0.2, 0.25) is 5.91 Å². The Morgan fingerprint density at radius 1 is 1.10 bits per heavy atom. The summed E-state index contributed by atoms with van der Waals surface area (Å²) in [6.07, 6.45) is 5.38. The van der Waals surface area contributed by atoms with Gasteiger partial charge in [-0.2, -0.15) is 5.10 Å². The van der Waals surface area contributed by atoms with Gasteiger partial charge in [0.05, 0.1) is 47.4 Å². The van der Waals surface area contributed by atoms with Crippen molar-refractivity contribution < 1.29 is 23.0 Å². The van der Waals surface area contributed by atoms with Gasteiger partial charge in [0, 0.05) is 60.9 Å². The van der Waals surface area contributed by atoms with Crippen molar-refractivity contribution in [2.45, 2.75) is 71.1 Å². The third kappa shape index (κ3) is 6.11. The first-order chi connectivity index (χ1) is 24.5. The number of ether oxygens (including phenoxy) is 2. The maximum Gasteiger partial charge on any atom is 0.246 e. The number of rotatable bonds is 10. The fourth-order valence-corrected chi connectivity index (χ4v) is 7.96. The van der Waals surface area contributed by atoms with Crippen LogP contribution >= 0.6 is 0 Å². The van der Waals surface area contributed by atoms with E-state index in [0.29, 0.717) is 42.2 Å². The predicted molar refractivity (Wildman–Crippen MR) is 194 cm³/mol. The van der Waals surface area contributed by atoms with Crippen molar-refractivity contribution in [2.75, 3.05) is 32.6 Å². The summed E-state index contributed by atoms with van der Waals surface area (Å²) >= 11 is 0. The van der Waals surface area contributed by atoms with Gasteiger partial charge < -0.3 is 25.1 Å². The highest BCUT2D eigenvalue weighted by molar-refractivity contribution is 6.02. The number of benzene rings is 2. The SMILES string of the molecule is C=CC(=O)N1C[C@H](C)n2nc(-c3nc(-c4ccc(C(C)=N)c(NC)c4)c4c(c3-c3c(F)cc(F)cc3OCC3CC(OC)C3)CCC4)cc2[C@H]1C. The molecule has 266 valence electrons. The summed E-state index contributed by atoms with van der Waals surface area (Å²) < 4.78 is 45.0. The Balaban J connectivity index is 1.45. The number of aromatic nitrogens is 3. The van der Waals surface area contributed by atoms with E-state index in [1.165, 1.54) is 12.1 Å². The van der Waals surface area contributed by atoms with Gasteiger partial charge in [-0.25, -0.2) is 13.8 Å². The normalized spacial score (nSPS) is 20.7. The molecule has 11 heteroatoms. The van der Waals surface area contributed by atoms with Crippen LogP contribution in [0.3, 0.4) is 0 Å². The Labute approximate surface area is 297 Å². The average molecular weight is 695 g/mol. The van der Waals surface area contributed by atoms with E-state index in [-0.39, 0.29) is 41.3 Å². The number of carbonyl (C=O) groups is 1. The maximum atomic E-state index is 16.4. The zero-order valence-corrected chi connectivity index (χ0v) is 29.8. The molecule has 2 N–H and O–H groups in total. The predicted octanol–water partition coefficient (Wildman–Crippen LogP) is 7.93. The molecule has 2 aliphatic carbocycles. The smallest absolute Gasteiger partial charge is 0.246 e. The molecule has 1 fully saturated rings. The third-order valence-electron chi connectivity index (χ3n) is 10.7. The second kappa shape index (κ2) is 13.7. The van der Waals surface area contributed by atoms with E-state index in [4.69, 9.17) is 25.0 Å². The molecule has 51 heavy (non-hydrogen) atoms. The lowest BCUT2D eigenvalue weighted by molar-refractivity contribution is -0.129. The average Bonchev–Trinajstić information content (AvgIpc) is 3.77. The van der Waals surface area contributed by atoms with Gasteiger partial charge in [-0.3, -0.25) is 9.48 Å². The molecule has 2 aromatic heterocycles. The van der Waals surface area contributed by atoms with Crippen LogP contribution in [0, 0.1) is 23.0 Å². The highest BCUT2D eigenvalue weighted by Gasteiger charge is 2.36. The van der Waals surface area contributed by atoms with Crippen LogP contribution in [-0.4, -0.2) is 64.7 Å². The first kappa shape index (κ1) is 34.5. The largest absolute Gasteiger partial charge is 0.492 e. The van der Waals surface area contributed by atoms with Crippen molar-refractivity contribution in [1.82, 2.24) is 19.7 Å². The number of carbonyl (C=O) groups excluding carboxylic acids is 1. The fraction of sp³-hybridized carbons (Fsp3) is 0.400. The van der Waals surface area contributed by atoms with Crippen molar-refractivity contribution in [2.24, 2.45) is 5.92 Å². The summed E-state index contributed by atoms with van der Waals surface area (Å²) in [4.78, 5) is 19.9. The van der Waals surface area contributed by atoms with E-state index < -0.39 is 11.6 Å². The summed E-state index contributed by atoms with van der Waals surface area (Å²) in [5, 5.41) is 16.6. The molecule has 1 saturated carbocycles. The molecule has 3 aliphatic rings. The van der Waals surface area contributed by atoms with Gasteiger partial charge in [-0.05, 0) is 88.1 Å². The Hall–Kier alpha value is -4.90. The van der Waals surface area contributed by atoms with Crippen LogP contribution in [0.15, 0.2) is 49.1 Å². The molecule has 0 saturated heterocycles. The molecule has 0 bridgehead atoms. The minimum Gasteiger partial charge on any atom is -0.492 e. The molecule has 9 nitrogen and oxygen atoms in total. The summed E-state index contributed by atoms with van der Waals surface area (Å²) in [5.74, 6) is -1.25. The van der Waals surface area contributed by atoms with Crippen LogP contribution in [0.1, 0.15) is 74.5 Å². The van der Waals surface area contributed by atoms with E-state index in [0.717, 1.165) is 71.1 Å². The number of anilines is 1. The quantitative estimate of drug-likeness (QED) is 0.129. The van der Waals surface area contributed by atoms with Crippen LogP contribution in [0.5, 0.6) is 5.75 Å². The van der Waals surface area contributed by atoms with Crippen molar-refractivity contribution in [3.8, 4) is 39.5 Å². The highest BCUT2D eigenvalue weighted by Crippen LogP contribution is 2.48. The van der Waals surface area contributed by atoms with Crippen LogP contribution < -0.4 is 10.1 Å². The van der Waals surface area contributed by atoms with Gasteiger partial charge in [-0.15, -0.1) is 0 Å². The van der Waals surface area contributed by atoms with E-state index >= 15 is 4.39 Å². The van der Waals surface area contributed by atoms with E-state index in [1.807, 2.05) is 49.8 Å². The Morgan fingerprint density at radius 3 is 2.57 bits per heavy atom. The fourth-order valence-electron chi connectivity index (χ4n) is 7.96. The summed E-state index contributed by atoms with van der Waals surface area (Å²) in [7, 11) is 3.52. The van der Waals surface area contributed by atoms with Crippen molar-refractivity contribution in [1.29, 1.82) is 5.41 Å². The van der Waals surface area contributed by atoms with Gasteiger partial charge in [0.1, 0.15) is 23.1 Å². The zero-order chi connectivity index (χ0) is 36.1. The zero-order valence-electron chi connectivity index (χ0n) is 29.8. The van der Waals surface area contributed by atoms with Gasteiger partial charge in [0.25, 0.3) is 0 Å². The number of pyridine rings is 1. The number of hydrogen-bond acceptors (Lipinski definition) is 7. The lowest BCUT2D eigenvalue weighted by atomic mass is 9.83. The molecule has 1 amide bonds. The molecule has 2 aromatic carbocycles. The van der Waals surface area contributed by atoms with Crippen LogP contribution in [0.25, 0.3) is 33.8 Å². The molecular weight excluding hydrogens is 650 g/mol. The van der Waals surface area contributed by atoms with Crippen LogP contribution in [0.4, 0.5) is 14.5 Å². The number of methoxy groups -OCH3 is 1. The molecule has 7 rings (SSSR count). The molecular formula is C40H44F2N6O3. The Bertz CT molecular complexity index is 2050. The molecule has 0 spiro atoms. The van der Waals surface area contributed by atoms with Gasteiger partial charge in [0.15, 0.2) is 0 Å². The minimum absolute atomic E-state index is 0.134. The first-order valence-electron chi connectivity index (χ1n) is 17.6. The highest BCUT2D eigenvalue weighted by atomic mass is 19.1. The monoisotopic (exact) mass is 694 g/mol. The lowest BCUT2D eigenvalue weighted by Gasteiger charge is -2.36. The summed E-state index contributed by atoms with van der Waals surface area (Å²) in [6.45, 7) is 10.2. The van der Waals surface area contributed by atoms with Crippen LogP contribution in [-0.2, 0) is 22.4 Å². The minimum atomic E-state index is -0.727. The Kier molecular flexibility index (Phi) is 9.26. The lowest BCUT2D eigenvalue weighted by Crippen LogP contribution is -2.42. The van der Waals surface area contributed by atoms with Crippen molar-refractivity contribution in [3.63, 3.8) is 0 Å². The number of fused-ring (bicyclic) bond motifs is 2. The number of halogens is 2. The van der Waals surface area contributed by atoms with Crippen molar-refractivity contribution >= 4 is 17.3 Å². The molecule has 0 unspecified atom stereocenters. The maximum absolute atomic E-state index is 16.4.